The number of aryl methyl sites for hydroxylation is 2. The number of para-hydroxylation sites is 1. The van der Waals surface area contributed by atoms with Gasteiger partial charge in [-0.25, -0.2) is 0 Å². The van der Waals surface area contributed by atoms with Crippen LogP contribution in [0.3, 0.4) is 0 Å². The molecule has 0 spiro atoms. The van der Waals surface area contributed by atoms with Crippen LogP contribution in [0.4, 0.5) is 5.69 Å². The molecule has 1 aromatic heterocycles. The molecule has 26 heavy (non-hydrogen) atoms. The quantitative estimate of drug-likeness (QED) is 0.725. The fraction of sp³-hybridized carbons (Fsp3) is 0.318. The average Bonchev–Trinajstić information content (AvgIpc) is 2.89. The molecule has 136 valence electrons. The number of nitrogens with zero attached hydrogens (tertiary/aromatic N) is 1. The molecule has 0 saturated carbocycles. The highest BCUT2D eigenvalue weighted by atomic mass is 16.1. The van der Waals surface area contributed by atoms with E-state index < -0.39 is 0 Å². The van der Waals surface area contributed by atoms with Crippen molar-refractivity contribution in [2.75, 3.05) is 19.0 Å². The van der Waals surface area contributed by atoms with Gasteiger partial charge in [0.15, 0.2) is 0 Å². The summed E-state index contributed by atoms with van der Waals surface area (Å²) < 4.78 is 0. The lowest BCUT2D eigenvalue weighted by Crippen LogP contribution is -2.34. The van der Waals surface area contributed by atoms with Crippen molar-refractivity contribution in [3.8, 4) is 0 Å². The molecule has 0 fully saturated rings. The molecule has 3 rings (SSSR count). The zero-order valence-corrected chi connectivity index (χ0v) is 16.2. The highest BCUT2D eigenvalue weighted by Gasteiger charge is 2.16. The molecule has 3 aromatic rings. The molecule has 1 atom stereocenters. The monoisotopic (exact) mass is 349 g/mol. The standard InChI is InChI=1S/C22H27N3O/c1-14(13-17-9-11-18(12-10-17)25(4)5)23-22(26)20-8-6-7-19-15(2)16(3)24-21(19)20/h6-12,14,24H,13H2,1-5H3,(H,23,26)/t14-/m0/s1. The van der Waals surface area contributed by atoms with E-state index in [4.69, 9.17) is 0 Å². The fourth-order valence-electron chi connectivity index (χ4n) is 3.31. The second-order valence-corrected chi connectivity index (χ2v) is 7.24. The number of hydrogen-bond acceptors (Lipinski definition) is 2. The predicted molar refractivity (Wildman–Crippen MR) is 109 cm³/mol. The largest absolute Gasteiger partial charge is 0.378 e. The van der Waals surface area contributed by atoms with E-state index >= 15 is 0 Å². The Kier molecular flexibility index (Phi) is 5.03. The van der Waals surface area contributed by atoms with Crippen LogP contribution in [-0.4, -0.2) is 31.0 Å². The van der Waals surface area contributed by atoms with Crippen LogP contribution in [0, 0.1) is 13.8 Å². The minimum atomic E-state index is -0.0331. The number of amides is 1. The number of anilines is 1. The Balaban J connectivity index is 1.72. The molecule has 2 aromatic carbocycles. The number of benzene rings is 2. The molecular formula is C22H27N3O. The van der Waals surface area contributed by atoms with Crippen LogP contribution in [0.2, 0.25) is 0 Å². The van der Waals surface area contributed by atoms with Crippen LogP contribution in [0.1, 0.15) is 34.1 Å². The number of aromatic amines is 1. The minimum absolute atomic E-state index is 0.0331. The maximum atomic E-state index is 12.8. The van der Waals surface area contributed by atoms with Crippen molar-refractivity contribution in [2.45, 2.75) is 33.2 Å². The van der Waals surface area contributed by atoms with Crippen LogP contribution in [-0.2, 0) is 6.42 Å². The minimum Gasteiger partial charge on any atom is -0.378 e. The van der Waals surface area contributed by atoms with Crippen molar-refractivity contribution in [1.82, 2.24) is 10.3 Å². The molecule has 0 radical (unpaired) electrons. The second-order valence-electron chi connectivity index (χ2n) is 7.24. The summed E-state index contributed by atoms with van der Waals surface area (Å²) in [5, 5.41) is 4.25. The summed E-state index contributed by atoms with van der Waals surface area (Å²) in [6, 6.07) is 14.4. The Bertz CT molecular complexity index is 922. The van der Waals surface area contributed by atoms with Gasteiger partial charge in [-0.3, -0.25) is 4.79 Å². The van der Waals surface area contributed by atoms with E-state index in [9.17, 15) is 4.79 Å². The average molecular weight is 349 g/mol. The Morgan fingerprint density at radius 1 is 1.12 bits per heavy atom. The third-order valence-corrected chi connectivity index (χ3v) is 4.96. The first-order valence-electron chi connectivity index (χ1n) is 9.02. The smallest absolute Gasteiger partial charge is 0.253 e. The Labute approximate surface area is 155 Å². The molecule has 1 heterocycles. The molecule has 2 N–H and O–H groups in total. The van der Waals surface area contributed by atoms with Gasteiger partial charge >= 0.3 is 0 Å². The first-order chi connectivity index (χ1) is 12.4. The molecule has 4 nitrogen and oxygen atoms in total. The highest BCUT2D eigenvalue weighted by molar-refractivity contribution is 6.06. The third-order valence-electron chi connectivity index (χ3n) is 4.96. The van der Waals surface area contributed by atoms with E-state index in [1.807, 2.05) is 40.1 Å². The Morgan fingerprint density at radius 2 is 1.81 bits per heavy atom. The van der Waals surface area contributed by atoms with Crippen LogP contribution in [0.25, 0.3) is 10.9 Å². The number of carbonyl (C=O) groups is 1. The van der Waals surface area contributed by atoms with Crippen molar-refractivity contribution in [2.24, 2.45) is 0 Å². The lowest BCUT2D eigenvalue weighted by Gasteiger charge is -2.16. The van der Waals surface area contributed by atoms with Crippen molar-refractivity contribution in [1.29, 1.82) is 0 Å². The lowest BCUT2D eigenvalue weighted by molar-refractivity contribution is 0.0941. The number of hydrogen-bond donors (Lipinski definition) is 2. The van der Waals surface area contributed by atoms with Gasteiger partial charge in [0, 0.05) is 36.9 Å². The van der Waals surface area contributed by atoms with E-state index in [1.165, 1.54) is 16.8 Å². The molecule has 0 bridgehead atoms. The normalized spacial score (nSPS) is 12.2. The summed E-state index contributed by atoms with van der Waals surface area (Å²) in [6.45, 7) is 6.16. The number of nitrogens with one attached hydrogen (secondary N) is 2. The maximum absolute atomic E-state index is 12.8. The summed E-state index contributed by atoms with van der Waals surface area (Å²) in [5.74, 6) is -0.0331. The van der Waals surface area contributed by atoms with Crippen molar-refractivity contribution >= 4 is 22.5 Å². The van der Waals surface area contributed by atoms with Crippen LogP contribution in [0.5, 0.6) is 0 Å². The van der Waals surface area contributed by atoms with Crippen LogP contribution in [0.15, 0.2) is 42.5 Å². The Hall–Kier alpha value is -2.75. The van der Waals surface area contributed by atoms with Gasteiger partial charge in [-0.15, -0.1) is 0 Å². The SMILES string of the molecule is Cc1[nH]c2c(C(=O)N[C@@H](C)Cc3ccc(N(C)C)cc3)cccc2c1C. The topological polar surface area (TPSA) is 48.1 Å². The third kappa shape index (κ3) is 3.59. The maximum Gasteiger partial charge on any atom is 0.253 e. The van der Waals surface area contributed by atoms with Gasteiger partial charge < -0.3 is 15.2 Å². The summed E-state index contributed by atoms with van der Waals surface area (Å²) in [5.41, 5.74) is 6.32. The van der Waals surface area contributed by atoms with Crippen LogP contribution < -0.4 is 10.2 Å². The predicted octanol–water partition coefficient (Wildman–Crippen LogP) is 4.21. The van der Waals surface area contributed by atoms with Gasteiger partial charge in [-0.2, -0.15) is 0 Å². The van der Waals surface area contributed by atoms with Crippen molar-refractivity contribution in [3.05, 3.63) is 64.8 Å². The molecule has 1 amide bonds. The van der Waals surface area contributed by atoms with E-state index in [2.05, 4.69) is 52.5 Å². The van der Waals surface area contributed by atoms with Gasteiger partial charge in [-0.1, -0.05) is 24.3 Å². The number of fused-ring (bicyclic) bond motifs is 1. The molecule has 0 saturated heterocycles. The van der Waals surface area contributed by atoms with Crippen molar-refractivity contribution in [3.63, 3.8) is 0 Å². The summed E-state index contributed by atoms with van der Waals surface area (Å²) in [7, 11) is 4.06. The van der Waals surface area contributed by atoms with E-state index in [0.717, 1.165) is 23.0 Å². The molecule has 0 unspecified atom stereocenters. The highest BCUT2D eigenvalue weighted by Crippen LogP contribution is 2.24. The van der Waals surface area contributed by atoms with Gasteiger partial charge in [0.2, 0.25) is 0 Å². The molecule has 0 aliphatic heterocycles. The summed E-state index contributed by atoms with van der Waals surface area (Å²) in [6.07, 6.45) is 0.804. The summed E-state index contributed by atoms with van der Waals surface area (Å²) >= 11 is 0. The number of aromatic nitrogens is 1. The molecule has 0 aliphatic carbocycles. The lowest BCUT2D eigenvalue weighted by atomic mass is 10.0. The van der Waals surface area contributed by atoms with Gasteiger partial charge in [0.25, 0.3) is 5.91 Å². The van der Waals surface area contributed by atoms with E-state index in [1.54, 1.807) is 0 Å². The van der Waals surface area contributed by atoms with Gasteiger partial charge in [0.1, 0.15) is 0 Å². The zero-order valence-electron chi connectivity index (χ0n) is 16.2. The van der Waals surface area contributed by atoms with Crippen LogP contribution >= 0.6 is 0 Å². The van der Waals surface area contributed by atoms with Crippen molar-refractivity contribution < 1.29 is 4.79 Å². The summed E-state index contributed by atoms with van der Waals surface area (Å²) in [4.78, 5) is 18.2. The molecule has 4 heteroatoms. The van der Waals surface area contributed by atoms with E-state index in [-0.39, 0.29) is 11.9 Å². The molecular weight excluding hydrogens is 322 g/mol. The van der Waals surface area contributed by atoms with E-state index in [0.29, 0.717) is 5.56 Å². The fourth-order valence-corrected chi connectivity index (χ4v) is 3.31. The number of rotatable bonds is 5. The Morgan fingerprint density at radius 3 is 2.46 bits per heavy atom. The molecule has 0 aliphatic rings. The van der Waals surface area contributed by atoms with Gasteiger partial charge in [0.05, 0.1) is 11.1 Å². The van der Waals surface area contributed by atoms with Gasteiger partial charge in [-0.05, 0) is 56.5 Å². The first-order valence-corrected chi connectivity index (χ1v) is 9.02. The second kappa shape index (κ2) is 7.24. The first kappa shape index (κ1) is 18.1. The number of H-pyrrole nitrogens is 1. The zero-order chi connectivity index (χ0) is 18.8. The number of carbonyl (C=O) groups excluding carboxylic acids is 1.